The summed E-state index contributed by atoms with van der Waals surface area (Å²) in [6, 6.07) is 4.07. The van der Waals surface area contributed by atoms with E-state index in [9.17, 15) is 4.39 Å². The maximum Gasteiger partial charge on any atom is 0.230 e. The lowest BCUT2D eigenvalue weighted by Gasteiger charge is -2.04. The van der Waals surface area contributed by atoms with Gasteiger partial charge in [0.25, 0.3) is 0 Å². The van der Waals surface area contributed by atoms with Gasteiger partial charge >= 0.3 is 0 Å². The minimum atomic E-state index is -0.420. The Balaban J connectivity index is 2.21. The van der Waals surface area contributed by atoms with Crippen molar-refractivity contribution in [2.24, 2.45) is 7.05 Å². The van der Waals surface area contributed by atoms with Gasteiger partial charge in [0.2, 0.25) is 5.88 Å². The van der Waals surface area contributed by atoms with E-state index in [1.807, 2.05) is 0 Å². The van der Waals surface area contributed by atoms with Gasteiger partial charge in [0.15, 0.2) is 0 Å². The van der Waals surface area contributed by atoms with E-state index >= 15 is 0 Å². The number of aryl methyl sites for hydroxylation is 1. The molecule has 2 aromatic heterocycles. The molecule has 0 fully saturated rings. The minimum Gasteiger partial charge on any atom is -0.367 e. The normalized spacial score (nSPS) is 10.9. The highest BCUT2D eigenvalue weighted by Gasteiger charge is 2.20. The van der Waals surface area contributed by atoms with Crippen molar-refractivity contribution in [1.29, 1.82) is 0 Å². The fraction of sp³-hybridized carbons (Fsp3) is 0.0769. The summed E-state index contributed by atoms with van der Waals surface area (Å²) in [5.41, 5.74) is 8.16. The van der Waals surface area contributed by atoms with Crippen molar-refractivity contribution in [2.45, 2.75) is 0 Å². The smallest absolute Gasteiger partial charge is 0.230 e. The molecule has 3 aromatic rings. The van der Waals surface area contributed by atoms with Crippen molar-refractivity contribution in [3.05, 3.63) is 41.4 Å². The molecule has 0 unspecified atom stereocenters. The van der Waals surface area contributed by atoms with E-state index in [0.717, 1.165) is 5.56 Å². The van der Waals surface area contributed by atoms with Gasteiger partial charge in [-0.2, -0.15) is 5.10 Å². The Labute approximate surface area is 118 Å². The Morgan fingerprint density at radius 3 is 2.85 bits per heavy atom. The van der Waals surface area contributed by atoms with Crippen molar-refractivity contribution >= 4 is 17.5 Å². The van der Waals surface area contributed by atoms with E-state index in [0.29, 0.717) is 16.8 Å². The number of hydrogen-bond donors (Lipinski definition) is 1. The summed E-state index contributed by atoms with van der Waals surface area (Å²) in [7, 11) is 1.79. The summed E-state index contributed by atoms with van der Waals surface area (Å²) in [4.78, 5) is 0. The maximum absolute atomic E-state index is 13.1. The van der Waals surface area contributed by atoms with Crippen LogP contribution in [0.4, 0.5) is 10.3 Å². The lowest BCUT2D eigenvalue weighted by Crippen LogP contribution is -1.89. The molecule has 5 nitrogen and oxygen atoms in total. The molecule has 0 spiro atoms. The molecule has 2 heterocycles. The molecule has 2 N–H and O–H groups in total. The summed E-state index contributed by atoms with van der Waals surface area (Å²) in [6.45, 7) is 0. The number of rotatable bonds is 2. The molecule has 3 rings (SSSR count). The standard InChI is InChI=1S/C13H10ClFN4O/c1-19-6-7(5-17-19)12-11(13(16)20-18-12)9-3-2-8(15)4-10(9)14/h2-6H,16H2,1H3. The van der Waals surface area contributed by atoms with Crippen molar-refractivity contribution < 1.29 is 8.91 Å². The number of aromatic nitrogens is 3. The van der Waals surface area contributed by atoms with Crippen LogP contribution in [0.1, 0.15) is 0 Å². The molecule has 0 aliphatic rings. The average molecular weight is 293 g/mol. The van der Waals surface area contributed by atoms with Gasteiger partial charge in [-0.3, -0.25) is 4.68 Å². The number of anilines is 1. The van der Waals surface area contributed by atoms with E-state index < -0.39 is 5.82 Å². The van der Waals surface area contributed by atoms with Gasteiger partial charge in [-0.1, -0.05) is 16.8 Å². The van der Waals surface area contributed by atoms with Crippen LogP contribution in [0.25, 0.3) is 22.4 Å². The first-order valence-electron chi connectivity index (χ1n) is 5.76. The molecule has 1 aromatic carbocycles. The molecule has 0 saturated heterocycles. The van der Waals surface area contributed by atoms with Gasteiger partial charge in [-0.15, -0.1) is 0 Å². The molecular formula is C13H10ClFN4O. The number of halogens is 2. The number of benzene rings is 1. The maximum atomic E-state index is 13.1. The largest absolute Gasteiger partial charge is 0.367 e. The Morgan fingerprint density at radius 2 is 2.20 bits per heavy atom. The Morgan fingerprint density at radius 1 is 1.40 bits per heavy atom. The highest BCUT2D eigenvalue weighted by Crippen LogP contribution is 2.39. The second kappa shape index (κ2) is 4.64. The quantitative estimate of drug-likeness (QED) is 0.788. The van der Waals surface area contributed by atoms with Gasteiger partial charge in [-0.05, 0) is 18.2 Å². The molecule has 7 heteroatoms. The highest BCUT2D eigenvalue weighted by molar-refractivity contribution is 6.33. The monoisotopic (exact) mass is 292 g/mol. The third-order valence-electron chi connectivity index (χ3n) is 2.90. The van der Waals surface area contributed by atoms with Crippen molar-refractivity contribution in [1.82, 2.24) is 14.9 Å². The summed E-state index contributed by atoms with van der Waals surface area (Å²) >= 11 is 6.07. The first-order chi connectivity index (χ1) is 9.56. The van der Waals surface area contributed by atoms with Crippen LogP contribution in [0, 0.1) is 5.82 Å². The molecule has 0 bridgehead atoms. The topological polar surface area (TPSA) is 69.9 Å². The number of nitrogens with zero attached hydrogens (tertiary/aromatic N) is 3. The van der Waals surface area contributed by atoms with Gasteiger partial charge in [-0.25, -0.2) is 4.39 Å². The van der Waals surface area contributed by atoms with E-state index in [1.165, 1.54) is 12.1 Å². The molecule has 0 radical (unpaired) electrons. The predicted molar refractivity (Wildman–Crippen MR) is 73.5 cm³/mol. The van der Waals surface area contributed by atoms with Crippen LogP contribution in [0.15, 0.2) is 35.1 Å². The Hall–Kier alpha value is -2.34. The Kier molecular flexibility index (Phi) is 2.94. The van der Waals surface area contributed by atoms with Crippen LogP contribution in [0.5, 0.6) is 0 Å². The van der Waals surface area contributed by atoms with Gasteiger partial charge < -0.3 is 10.3 Å². The fourth-order valence-corrected chi connectivity index (χ4v) is 2.26. The van der Waals surface area contributed by atoms with Crippen molar-refractivity contribution in [3.63, 3.8) is 0 Å². The number of nitrogens with two attached hydrogens (primary N) is 1. The van der Waals surface area contributed by atoms with Crippen LogP contribution in [0.2, 0.25) is 5.02 Å². The first kappa shape index (κ1) is 12.7. The third kappa shape index (κ3) is 2.04. The zero-order chi connectivity index (χ0) is 14.3. The molecule has 0 atom stereocenters. The summed E-state index contributed by atoms with van der Waals surface area (Å²) in [6.07, 6.45) is 3.41. The van der Waals surface area contributed by atoms with E-state index in [-0.39, 0.29) is 10.9 Å². The SMILES string of the molecule is Cn1cc(-c2noc(N)c2-c2ccc(F)cc2Cl)cn1. The minimum absolute atomic E-state index is 0.123. The van der Waals surface area contributed by atoms with Crippen molar-refractivity contribution in [3.8, 4) is 22.4 Å². The second-order valence-electron chi connectivity index (χ2n) is 4.30. The van der Waals surface area contributed by atoms with Crippen LogP contribution < -0.4 is 5.73 Å². The van der Waals surface area contributed by atoms with Crippen molar-refractivity contribution in [2.75, 3.05) is 5.73 Å². The zero-order valence-corrected chi connectivity index (χ0v) is 11.2. The molecule has 0 aliphatic carbocycles. The Bertz CT molecular complexity index is 781. The van der Waals surface area contributed by atoms with E-state index in [2.05, 4.69) is 10.3 Å². The van der Waals surface area contributed by atoms with Crippen LogP contribution in [-0.4, -0.2) is 14.9 Å². The van der Waals surface area contributed by atoms with E-state index in [1.54, 1.807) is 30.2 Å². The molecule has 0 amide bonds. The number of hydrogen-bond acceptors (Lipinski definition) is 4. The van der Waals surface area contributed by atoms with E-state index in [4.69, 9.17) is 21.9 Å². The highest BCUT2D eigenvalue weighted by atomic mass is 35.5. The molecule has 0 saturated carbocycles. The van der Waals surface area contributed by atoms with Crippen LogP contribution >= 0.6 is 11.6 Å². The van der Waals surface area contributed by atoms with Gasteiger partial charge in [0.1, 0.15) is 11.5 Å². The molecule has 0 aliphatic heterocycles. The molecule has 20 heavy (non-hydrogen) atoms. The van der Waals surface area contributed by atoms with Gasteiger partial charge in [0.05, 0.1) is 16.8 Å². The molecular weight excluding hydrogens is 283 g/mol. The van der Waals surface area contributed by atoms with Crippen LogP contribution in [-0.2, 0) is 7.05 Å². The summed E-state index contributed by atoms with van der Waals surface area (Å²) in [5.74, 6) is -0.297. The van der Waals surface area contributed by atoms with Gasteiger partial charge in [0, 0.05) is 24.4 Å². The lowest BCUT2D eigenvalue weighted by atomic mass is 10.0. The van der Waals surface area contributed by atoms with Crippen LogP contribution in [0.3, 0.4) is 0 Å². The first-order valence-corrected chi connectivity index (χ1v) is 6.13. The number of nitrogen functional groups attached to an aromatic ring is 1. The second-order valence-corrected chi connectivity index (χ2v) is 4.70. The predicted octanol–water partition coefficient (Wildman–Crippen LogP) is 3.12. The zero-order valence-electron chi connectivity index (χ0n) is 10.5. The summed E-state index contributed by atoms with van der Waals surface area (Å²) < 4.78 is 19.8. The fourth-order valence-electron chi connectivity index (χ4n) is 2.00. The summed E-state index contributed by atoms with van der Waals surface area (Å²) in [5, 5.41) is 8.25. The lowest BCUT2D eigenvalue weighted by molar-refractivity contribution is 0.439. The average Bonchev–Trinajstić information content (AvgIpc) is 2.96. The molecule has 102 valence electrons. The third-order valence-corrected chi connectivity index (χ3v) is 3.21.